The SMILES string of the molecule is C1CNCC(C2CNC2)C1. The zero-order valence-electron chi connectivity index (χ0n) is 6.40. The Morgan fingerprint density at radius 2 is 1.70 bits per heavy atom. The molecule has 2 fully saturated rings. The third-order valence-corrected chi connectivity index (χ3v) is 2.81. The molecule has 0 aromatic rings. The molecule has 2 aliphatic rings. The lowest BCUT2D eigenvalue weighted by Crippen LogP contribution is -2.50. The van der Waals surface area contributed by atoms with Crippen LogP contribution in [0.25, 0.3) is 0 Å². The van der Waals surface area contributed by atoms with Gasteiger partial charge in [-0.15, -0.1) is 0 Å². The average molecular weight is 140 g/mol. The average Bonchev–Trinajstić information content (AvgIpc) is 1.86. The van der Waals surface area contributed by atoms with Crippen LogP contribution >= 0.6 is 0 Å². The van der Waals surface area contributed by atoms with Gasteiger partial charge in [0.25, 0.3) is 0 Å². The van der Waals surface area contributed by atoms with E-state index in [0.29, 0.717) is 0 Å². The van der Waals surface area contributed by atoms with Gasteiger partial charge in [-0.05, 0) is 50.9 Å². The molecule has 2 saturated heterocycles. The summed E-state index contributed by atoms with van der Waals surface area (Å²) in [7, 11) is 0. The minimum Gasteiger partial charge on any atom is -0.316 e. The maximum absolute atomic E-state index is 3.46. The van der Waals surface area contributed by atoms with E-state index in [4.69, 9.17) is 0 Å². The van der Waals surface area contributed by atoms with E-state index in [9.17, 15) is 0 Å². The van der Waals surface area contributed by atoms with Crippen LogP contribution in [-0.4, -0.2) is 26.2 Å². The maximum Gasteiger partial charge on any atom is -0.000511 e. The van der Waals surface area contributed by atoms with E-state index in [0.717, 1.165) is 11.8 Å². The summed E-state index contributed by atoms with van der Waals surface area (Å²) in [6.07, 6.45) is 2.85. The molecule has 0 radical (unpaired) electrons. The van der Waals surface area contributed by atoms with E-state index in [1.807, 2.05) is 0 Å². The molecule has 58 valence electrons. The van der Waals surface area contributed by atoms with Gasteiger partial charge in [-0.1, -0.05) is 0 Å². The highest BCUT2D eigenvalue weighted by atomic mass is 15.0. The Balaban J connectivity index is 1.78. The van der Waals surface area contributed by atoms with Gasteiger partial charge in [-0.2, -0.15) is 0 Å². The fourth-order valence-corrected chi connectivity index (χ4v) is 1.93. The summed E-state index contributed by atoms with van der Waals surface area (Å²) in [6.45, 7) is 5.06. The van der Waals surface area contributed by atoms with Crippen LogP contribution in [0.3, 0.4) is 0 Å². The van der Waals surface area contributed by atoms with E-state index >= 15 is 0 Å². The highest BCUT2D eigenvalue weighted by Crippen LogP contribution is 2.22. The Labute approximate surface area is 62.4 Å². The Hall–Kier alpha value is -0.0800. The van der Waals surface area contributed by atoms with Crippen LogP contribution in [-0.2, 0) is 0 Å². The molecule has 2 aliphatic heterocycles. The Kier molecular flexibility index (Phi) is 1.91. The molecule has 2 N–H and O–H groups in total. The molecule has 2 rings (SSSR count). The molecule has 2 nitrogen and oxygen atoms in total. The van der Waals surface area contributed by atoms with E-state index in [1.165, 1.54) is 39.0 Å². The smallest absolute Gasteiger partial charge is 0.000511 e. The predicted octanol–water partition coefficient (Wildman–Crippen LogP) is 0.205. The summed E-state index contributed by atoms with van der Waals surface area (Å²) < 4.78 is 0. The minimum atomic E-state index is 0.981. The first-order valence-corrected chi connectivity index (χ1v) is 4.38. The second-order valence-electron chi connectivity index (χ2n) is 3.52. The van der Waals surface area contributed by atoms with Crippen molar-refractivity contribution < 1.29 is 0 Å². The van der Waals surface area contributed by atoms with Crippen LogP contribution in [0.5, 0.6) is 0 Å². The molecule has 0 bridgehead atoms. The maximum atomic E-state index is 3.46. The third kappa shape index (κ3) is 1.18. The van der Waals surface area contributed by atoms with Crippen molar-refractivity contribution >= 4 is 0 Å². The van der Waals surface area contributed by atoms with Gasteiger partial charge in [0.15, 0.2) is 0 Å². The molecule has 0 aliphatic carbocycles. The lowest BCUT2D eigenvalue weighted by Gasteiger charge is -2.37. The summed E-state index contributed by atoms with van der Waals surface area (Å²) in [5.74, 6) is 1.97. The van der Waals surface area contributed by atoms with Crippen LogP contribution in [0.2, 0.25) is 0 Å². The zero-order valence-corrected chi connectivity index (χ0v) is 6.40. The zero-order chi connectivity index (χ0) is 6.81. The molecule has 10 heavy (non-hydrogen) atoms. The van der Waals surface area contributed by atoms with Crippen molar-refractivity contribution in [3.8, 4) is 0 Å². The van der Waals surface area contributed by atoms with E-state index in [-0.39, 0.29) is 0 Å². The first-order valence-electron chi connectivity index (χ1n) is 4.38. The van der Waals surface area contributed by atoms with Crippen molar-refractivity contribution in [2.45, 2.75) is 12.8 Å². The molecule has 0 aromatic heterocycles. The van der Waals surface area contributed by atoms with Gasteiger partial charge in [0.05, 0.1) is 0 Å². The molecular formula is C8H16N2. The largest absolute Gasteiger partial charge is 0.316 e. The van der Waals surface area contributed by atoms with Crippen molar-refractivity contribution in [3.05, 3.63) is 0 Å². The molecule has 1 atom stereocenters. The third-order valence-electron chi connectivity index (χ3n) is 2.81. The van der Waals surface area contributed by atoms with Gasteiger partial charge in [-0.25, -0.2) is 0 Å². The Morgan fingerprint density at radius 1 is 0.900 bits per heavy atom. The topological polar surface area (TPSA) is 24.1 Å². The number of hydrogen-bond acceptors (Lipinski definition) is 2. The van der Waals surface area contributed by atoms with Crippen LogP contribution in [0.15, 0.2) is 0 Å². The molecule has 2 heteroatoms. The summed E-state index contributed by atoms with van der Waals surface area (Å²) >= 11 is 0. The van der Waals surface area contributed by atoms with Crippen LogP contribution in [0, 0.1) is 11.8 Å². The second kappa shape index (κ2) is 2.89. The molecular weight excluding hydrogens is 124 g/mol. The summed E-state index contributed by atoms with van der Waals surface area (Å²) in [5, 5.41) is 6.79. The predicted molar refractivity (Wildman–Crippen MR) is 42.0 cm³/mol. The Bertz CT molecular complexity index is 104. The number of nitrogens with one attached hydrogen (secondary N) is 2. The van der Waals surface area contributed by atoms with Gasteiger partial charge in [-0.3, -0.25) is 0 Å². The summed E-state index contributed by atoms with van der Waals surface area (Å²) in [4.78, 5) is 0. The highest BCUT2D eigenvalue weighted by molar-refractivity contribution is 4.84. The van der Waals surface area contributed by atoms with Crippen molar-refractivity contribution in [1.82, 2.24) is 10.6 Å². The van der Waals surface area contributed by atoms with Crippen LogP contribution in [0.4, 0.5) is 0 Å². The van der Waals surface area contributed by atoms with Gasteiger partial charge in [0.2, 0.25) is 0 Å². The van der Waals surface area contributed by atoms with Crippen LogP contribution in [0.1, 0.15) is 12.8 Å². The van der Waals surface area contributed by atoms with Crippen molar-refractivity contribution in [2.24, 2.45) is 11.8 Å². The van der Waals surface area contributed by atoms with Gasteiger partial charge < -0.3 is 10.6 Å². The Morgan fingerprint density at radius 3 is 2.20 bits per heavy atom. The number of hydrogen-bond donors (Lipinski definition) is 2. The minimum absolute atomic E-state index is 0.981. The van der Waals surface area contributed by atoms with Gasteiger partial charge >= 0.3 is 0 Å². The van der Waals surface area contributed by atoms with E-state index in [1.54, 1.807) is 0 Å². The number of piperidine rings is 1. The fraction of sp³-hybridized carbons (Fsp3) is 1.00. The lowest BCUT2D eigenvalue weighted by molar-refractivity contribution is 0.195. The van der Waals surface area contributed by atoms with E-state index in [2.05, 4.69) is 10.6 Å². The van der Waals surface area contributed by atoms with Crippen molar-refractivity contribution in [2.75, 3.05) is 26.2 Å². The molecule has 0 amide bonds. The lowest BCUT2D eigenvalue weighted by atomic mass is 9.83. The normalized spacial score (nSPS) is 35.4. The van der Waals surface area contributed by atoms with Gasteiger partial charge in [0, 0.05) is 0 Å². The van der Waals surface area contributed by atoms with E-state index < -0.39 is 0 Å². The summed E-state index contributed by atoms with van der Waals surface area (Å²) in [6, 6.07) is 0. The highest BCUT2D eigenvalue weighted by Gasteiger charge is 2.27. The molecule has 0 aromatic carbocycles. The summed E-state index contributed by atoms with van der Waals surface area (Å²) in [5.41, 5.74) is 0. The second-order valence-corrected chi connectivity index (χ2v) is 3.52. The quantitative estimate of drug-likeness (QED) is 0.544. The fourth-order valence-electron chi connectivity index (χ4n) is 1.93. The number of rotatable bonds is 1. The molecule has 0 spiro atoms. The van der Waals surface area contributed by atoms with Crippen LogP contribution < -0.4 is 10.6 Å². The van der Waals surface area contributed by atoms with Gasteiger partial charge in [0.1, 0.15) is 0 Å². The molecule has 2 heterocycles. The first-order chi connectivity index (χ1) is 4.97. The van der Waals surface area contributed by atoms with Crippen molar-refractivity contribution in [3.63, 3.8) is 0 Å². The monoisotopic (exact) mass is 140 g/mol. The first kappa shape index (κ1) is 6.62. The standard InChI is InChI=1S/C8H16N2/c1-2-7(4-9-3-1)8-5-10-6-8/h7-10H,1-6H2. The molecule has 1 unspecified atom stereocenters. The molecule has 0 saturated carbocycles. The van der Waals surface area contributed by atoms with Crippen molar-refractivity contribution in [1.29, 1.82) is 0 Å².